The predicted molar refractivity (Wildman–Crippen MR) is 115 cm³/mol. The van der Waals surface area contributed by atoms with Crippen molar-refractivity contribution in [1.82, 2.24) is 10.6 Å². The van der Waals surface area contributed by atoms with Crippen LogP contribution in [0, 0.1) is 0 Å². The van der Waals surface area contributed by atoms with Gasteiger partial charge in [0.15, 0.2) is 5.96 Å². The second-order valence-electron chi connectivity index (χ2n) is 5.79. The van der Waals surface area contributed by atoms with Crippen molar-refractivity contribution in [1.29, 1.82) is 0 Å². The van der Waals surface area contributed by atoms with Gasteiger partial charge in [0, 0.05) is 17.0 Å². The highest BCUT2D eigenvalue weighted by atomic mass is 127. The van der Waals surface area contributed by atoms with Crippen molar-refractivity contribution in [2.45, 2.75) is 32.6 Å². The van der Waals surface area contributed by atoms with Crippen LogP contribution in [0.3, 0.4) is 0 Å². The first-order chi connectivity index (χ1) is 12.4. The fraction of sp³-hybridized carbons (Fsp3) is 0.389. The first-order valence-corrected chi connectivity index (χ1v) is 9.11. The number of alkyl halides is 2. The number of aliphatic hydroxyl groups is 1. The van der Waals surface area contributed by atoms with Gasteiger partial charge in [-0.25, -0.2) is 4.99 Å². The van der Waals surface area contributed by atoms with Gasteiger partial charge < -0.3 is 20.5 Å². The van der Waals surface area contributed by atoms with E-state index in [2.05, 4.69) is 20.4 Å². The van der Waals surface area contributed by atoms with Gasteiger partial charge in [0.25, 0.3) is 0 Å². The van der Waals surface area contributed by atoms with E-state index in [-0.39, 0.29) is 42.8 Å². The second-order valence-corrected chi connectivity index (χ2v) is 6.73. The average Bonchev–Trinajstić information content (AvgIpc) is 3.13. The van der Waals surface area contributed by atoms with Crippen LogP contribution < -0.4 is 15.4 Å². The molecule has 0 radical (unpaired) electrons. The van der Waals surface area contributed by atoms with Gasteiger partial charge in [-0.1, -0.05) is 24.3 Å². The summed E-state index contributed by atoms with van der Waals surface area (Å²) in [6, 6.07) is 10.3. The largest absolute Gasteiger partial charge is 0.434 e. The van der Waals surface area contributed by atoms with Crippen molar-refractivity contribution in [3.63, 3.8) is 0 Å². The number of halogens is 3. The van der Waals surface area contributed by atoms with Gasteiger partial charge in [-0.3, -0.25) is 0 Å². The molecule has 1 aromatic heterocycles. The van der Waals surface area contributed by atoms with Crippen LogP contribution in [0.5, 0.6) is 5.75 Å². The lowest BCUT2D eigenvalue weighted by Gasteiger charge is -2.23. The average molecular weight is 511 g/mol. The molecular weight excluding hydrogens is 487 g/mol. The number of para-hydroxylation sites is 1. The summed E-state index contributed by atoms with van der Waals surface area (Å²) < 4.78 is 29.5. The molecule has 3 N–H and O–H groups in total. The minimum absolute atomic E-state index is 0. The van der Waals surface area contributed by atoms with E-state index in [4.69, 9.17) is 0 Å². The van der Waals surface area contributed by atoms with E-state index < -0.39 is 12.2 Å². The second kappa shape index (κ2) is 11.4. The molecule has 0 aliphatic heterocycles. The smallest absolute Gasteiger partial charge is 0.387 e. The molecule has 0 saturated heterocycles. The molecule has 0 fully saturated rings. The van der Waals surface area contributed by atoms with Crippen molar-refractivity contribution >= 4 is 41.3 Å². The van der Waals surface area contributed by atoms with Crippen molar-refractivity contribution in [2.24, 2.45) is 4.99 Å². The number of aliphatic imine (C=N–C) groups is 1. The Morgan fingerprint density at radius 1 is 1.26 bits per heavy atom. The Labute approximate surface area is 178 Å². The van der Waals surface area contributed by atoms with E-state index in [1.807, 2.05) is 24.4 Å². The highest BCUT2D eigenvalue weighted by Crippen LogP contribution is 2.24. The number of rotatable bonds is 8. The zero-order valence-corrected chi connectivity index (χ0v) is 18.3. The third-order valence-corrected chi connectivity index (χ3v) is 4.72. The van der Waals surface area contributed by atoms with Crippen molar-refractivity contribution in [3.05, 3.63) is 52.2 Å². The van der Waals surface area contributed by atoms with Crippen LogP contribution in [-0.2, 0) is 12.1 Å². The third-order valence-electron chi connectivity index (χ3n) is 3.59. The predicted octanol–water partition coefficient (Wildman–Crippen LogP) is 3.93. The van der Waals surface area contributed by atoms with Crippen molar-refractivity contribution in [2.75, 3.05) is 13.1 Å². The number of hydrogen-bond acceptors (Lipinski definition) is 4. The number of hydrogen-bond donors (Lipinski definition) is 3. The molecule has 0 aliphatic rings. The van der Waals surface area contributed by atoms with Gasteiger partial charge in [-0.05, 0) is 31.4 Å². The number of thiophene rings is 1. The van der Waals surface area contributed by atoms with Gasteiger partial charge in [0.2, 0.25) is 0 Å². The molecule has 5 nitrogen and oxygen atoms in total. The van der Waals surface area contributed by atoms with E-state index in [9.17, 15) is 13.9 Å². The molecule has 2 aromatic rings. The molecule has 1 atom stereocenters. The lowest BCUT2D eigenvalue weighted by molar-refractivity contribution is -0.0504. The van der Waals surface area contributed by atoms with Crippen molar-refractivity contribution < 1.29 is 18.6 Å². The minimum Gasteiger partial charge on any atom is -0.434 e. The monoisotopic (exact) mass is 511 g/mol. The van der Waals surface area contributed by atoms with E-state index in [0.29, 0.717) is 18.1 Å². The van der Waals surface area contributed by atoms with E-state index >= 15 is 0 Å². The summed E-state index contributed by atoms with van der Waals surface area (Å²) in [6.45, 7) is 1.81. The summed E-state index contributed by atoms with van der Waals surface area (Å²) in [5, 5.41) is 18.6. The molecule has 2 rings (SSSR count). The van der Waals surface area contributed by atoms with Crippen LogP contribution in [-0.4, -0.2) is 30.8 Å². The Morgan fingerprint density at radius 3 is 2.63 bits per heavy atom. The summed E-state index contributed by atoms with van der Waals surface area (Å²) in [5.41, 5.74) is -0.490. The zero-order chi connectivity index (χ0) is 19.0. The number of guanidine groups is 1. The fourth-order valence-corrected chi connectivity index (χ4v) is 3.07. The van der Waals surface area contributed by atoms with Gasteiger partial charge in [-0.2, -0.15) is 8.78 Å². The molecular formula is C18H24F2IN3O2S. The van der Waals surface area contributed by atoms with E-state index in [1.165, 1.54) is 17.4 Å². The molecule has 0 saturated carbocycles. The van der Waals surface area contributed by atoms with Crippen LogP contribution in [0.4, 0.5) is 8.78 Å². The van der Waals surface area contributed by atoms with Crippen LogP contribution in [0.25, 0.3) is 0 Å². The third kappa shape index (κ3) is 7.59. The maximum Gasteiger partial charge on any atom is 0.387 e. The first-order valence-electron chi connectivity index (χ1n) is 8.23. The van der Waals surface area contributed by atoms with Crippen LogP contribution >= 0.6 is 35.3 Å². The molecule has 9 heteroatoms. The molecule has 150 valence electrons. The molecule has 0 aliphatic carbocycles. The molecule has 1 heterocycles. The summed E-state index contributed by atoms with van der Waals surface area (Å²) in [4.78, 5) is 5.24. The van der Waals surface area contributed by atoms with Gasteiger partial charge in [-0.15, -0.1) is 35.3 Å². The highest BCUT2D eigenvalue weighted by molar-refractivity contribution is 14.0. The molecule has 27 heavy (non-hydrogen) atoms. The Bertz CT molecular complexity index is 712. The minimum atomic E-state index is -2.88. The summed E-state index contributed by atoms with van der Waals surface area (Å²) in [7, 11) is 0. The standard InChI is InChI=1S/C18H23F2N3O2S.HI/c1-3-21-17(23-12-18(2,24)15-9-6-10-26-15)22-11-13-7-4-5-8-14(13)25-16(19)20;/h4-10,16,24H,3,11-12H2,1-2H3,(H2,21,22,23);1H. The van der Waals surface area contributed by atoms with Crippen molar-refractivity contribution in [3.8, 4) is 5.75 Å². The molecule has 1 unspecified atom stereocenters. The number of ether oxygens (including phenoxy) is 1. The molecule has 1 aromatic carbocycles. The zero-order valence-electron chi connectivity index (χ0n) is 15.1. The normalized spacial score (nSPS) is 13.6. The van der Waals surface area contributed by atoms with Crippen LogP contribution in [0.15, 0.2) is 46.8 Å². The summed E-state index contributed by atoms with van der Waals surface area (Å²) in [6.07, 6.45) is 0. The lowest BCUT2D eigenvalue weighted by Crippen LogP contribution is -2.44. The fourth-order valence-electron chi connectivity index (χ4n) is 2.28. The van der Waals surface area contributed by atoms with E-state index in [0.717, 1.165) is 4.88 Å². The topological polar surface area (TPSA) is 65.9 Å². The van der Waals surface area contributed by atoms with Crippen LogP contribution in [0.2, 0.25) is 0 Å². The quantitative estimate of drug-likeness (QED) is 0.286. The maximum absolute atomic E-state index is 12.5. The molecule has 0 spiro atoms. The highest BCUT2D eigenvalue weighted by Gasteiger charge is 2.24. The van der Waals surface area contributed by atoms with Gasteiger partial charge >= 0.3 is 6.61 Å². The van der Waals surface area contributed by atoms with Gasteiger partial charge in [0.05, 0.1) is 13.1 Å². The maximum atomic E-state index is 12.5. The van der Waals surface area contributed by atoms with E-state index in [1.54, 1.807) is 25.1 Å². The van der Waals surface area contributed by atoms with Crippen LogP contribution in [0.1, 0.15) is 24.3 Å². The molecule has 0 bridgehead atoms. The lowest BCUT2D eigenvalue weighted by atomic mass is 10.1. The molecule has 0 amide bonds. The first kappa shape index (κ1) is 23.6. The Kier molecular flexibility index (Phi) is 9.95. The number of benzene rings is 1. The Balaban J connectivity index is 0.00000364. The SMILES string of the molecule is CCNC(=NCc1ccccc1OC(F)F)NCC(C)(O)c1cccs1.I. The van der Waals surface area contributed by atoms with Gasteiger partial charge in [0.1, 0.15) is 11.4 Å². The number of nitrogens with zero attached hydrogens (tertiary/aromatic N) is 1. The Hall–Kier alpha value is -1.46. The Morgan fingerprint density at radius 2 is 2.00 bits per heavy atom. The number of nitrogens with one attached hydrogen (secondary N) is 2. The summed E-state index contributed by atoms with van der Waals surface area (Å²) >= 11 is 1.47. The summed E-state index contributed by atoms with van der Waals surface area (Å²) in [5.74, 6) is 0.587.